The van der Waals surface area contributed by atoms with Crippen molar-refractivity contribution in [2.24, 2.45) is 5.73 Å². The Hall–Kier alpha value is -2.93. The van der Waals surface area contributed by atoms with Crippen molar-refractivity contribution in [2.75, 3.05) is 6.61 Å². The molecule has 7 nitrogen and oxygen atoms in total. The van der Waals surface area contributed by atoms with Gasteiger partial charge in [0.05, 0.1) is 31.4 Å². The van der Waals surface area contributed by atoms with E-state index in [4.69, 9.17) is 22.1 Å². The van der Waals surface area contributed by atoms with E-state index in [0.29, 0.717) is 35.4 Å². The number of hydrogen-bond donors (Lipinski definition) is 1. The number of aromatic nitrogens is 4. The predicted octanol–water partition coefficient (Wildman–Crippen LogP) is 2.54. The molecule has 0 unspecified atom stereocenters. The number of hydrogen-bond acceptors (Lipinski definition) is 5. The van der Waals surface area contributed by atoms with Crippen LogP contribution in [0.4, 0.5) is 0 Å². The van der Waals surface area contributed by atoms with Crippen molar-refractivity contribution >= 4 is 17.5 Å². The summed E-state index contributed by atoms with van der Waals surface area (Å²) in [5.74, 6) is -0.131. The number of rotatable bonds is 6. The van der Waals surface area contributed by atoms with E-state index < -0.39 is 5.91 Å². The van der Waals surface area contributed by atoms with Crippen LogP contribution in [0.5, 0.6) is 5.88 Å². The Bertz CT molecular complexity index is 910. The van der Waals surface area contributed by atoms with Crippen LogP contribution in [0.2, 0.25) is 5.02 Å². The number of nitrogens with two attached hydrogens (primary N) is 1. The van der Waals surface area contributed by atoms with Gasteiger partial charge in [-0.25, -0.2) is 15.0 Å². The summed E-state index contributed by atoms with van der Waals surface area (Å²) in [6.45, 7) is 2.76. The van der Waals surface area contributed by atoms with Gasteiger partial charge in [-0.3, -0.25) is 4.79 Å². The second-order valence-corrected chi connectivity index (χ2v) is 5.69. The molecule has 0 atom stereocenters. The fraction of sp³-hybridized carbons (Fsp3) is 0.176. The molecule has 8 heteroatoms. The highest BCUT2D eigenvalue weighted by Gasteiger charge is 2.13. The molecule has 2 N–H and O–H groups in total. The summed E-state index contributed by atoms with van der Waals surface area (Å²) < 4.78 is 7.29. The maximum absolute atomic E-state index is 11.1. The normalized spacial score (nSPS) is 10.6. The Kier molecular flexibility index (Phi) is 4.95. The SMILES string of the molecule is CCOc1ncc(Cn2cnc(C(N)=O)c2)nc1-c1cccc(Cl)c1. The molecule has 2 heterocycles. The number of carbonyl (C=O) groups is 1. The summed E-state index contributed by atoms with van der Waals surface area (Å²) in [4.78, 5) is 24.1. The van der Waals surface area contributed by atoms with Crippen LogP contribution in [0.25, 0.3) is 11.3 Å². The summed E-state index contributed by atoms with van der Waals surface area (Å²) in [5.41, 5.74) is 7.53. The van der Waals surface area contributed by atoms with Crippen LogP contribution < -0.4 is 10.5 Å². The summed E-state index contributed by atoms with van der Waals surface area (Å²) in [6.07, 6.45) is 4.72. The van der Waals surface area contributed by atoms with Crippen LogP contribution in [-0.4, -0.2) is 32.0 Å². The van der Waals surface area contributed by atoms with Crippen molar-refractivity contribution in [2.45, 2.75) is 13.5 Å². The number of halogens is 1. The number of ether oxygens (including phenoxy) is 1. The summed E-state index contributed by atoms with van der Waals surface area (Å²) in [5, 5.41) is 0.605. The first-order valence-electron chi connectivity index (χ1n) is 7.63. The van der Waals surface area contributed by atoms with Gasteiger partial charge in [0.25, 0.3) is 5.91 Å². The maximum atomic E-state index is 11.1. The number of benzene rings is 1. The first-order valence-corrected chi connectivity index (χ1v) is 8.01. The monoisotopic (exact) mass is 357 g/mol. The second-order valence-electron chi connectivity index (χ2n) is 5.25. The summed E-state index contributed by atoms with van der Waals surface area (Å²) >= 11 is 6.08. The van der Waals surface area contributed by atoms with E-state index in [-0.39, 0.29) is 5.69 Å². The third kappa shape index (κ3) is 3.95. The Morgan fingerprint density at radius 3 is 2.88 bits per heavy atom. The highest BCUT2D eigenvalue weighted by Crippen LogP contribution is 2.28. The minimum Gasteiger partial charge on any atom is -0.476 e. The highest BCUT2D eigenvalue weighted by molar-refractivity contribution is 6.30. The quantitative estimate of drug-likeness (QED) is 0.731. The van der Waals surface area contributed by atoms with E-state index >= 15 is 0 Å². The Morgan fingerprint density at radius 2 is 2.20 bits per heavy atom. The van der Waals surface area contributed by atoms with Crippen LogP contribution in [0, 0.1) is 0 Å². The third-order valence-electron chi connectivity index (χ3n) is 3.40. The lowest BCUT2D eigenvalue weighted by Gasteiger charge is -2.11. The zero-order valence-corrected chi connectivity index (χ0v) is 14.3. The van der Waals surface area contributed by atoms with Gasteiger partial charge in [-0.05, 0) is 19.1 Å². The van der Waals surface area contributed by atoms with E-state index in [9.17, 15) is 4.79 Å². The number of amides is 1. The van der Waals surface area contributed by atoms with E-state index in [1.165, 1.54) is 6.33 Å². The molecule has 0 saturated heterocycles. The van der Waals surface area contributed by atoms with Gasteiger partial charge in [0.2, 0.25) is 5.88 Å². The first kappa shape index (κ1) is 16.9. The van der Waals surface area contributed by atoms with Crippen molar-refractivity contribution in [3.05, 3.63) is 59.4 Å². The second kappa shape index (κ2) is 7.31. The Balaban J connectivity index is 1.95. The minimum absolute atomic E-state index is 0.203. The third-order valence-corrected chi connectivity index (χ3v) is 3.63. The molecule has 3 rings (SSSR count). The maximum Gasteiger partial charge on any atom is 0.268 e. The Morgan fingerprint density at radius 1 is 1.36 bits per heavy atom. The lowest BCUT2D eigenvalue weighted by molar-refractivity contribution is 0.0996. The molecule has 3 aromatic rings. The van der Waals surface area contributed by atoms with Gasteiger partial charge in [-0.15, -0.1) is 0 Å². The lowest BCUT2D eigenvalue weighted by atomic mass is 10.1. The zero-order chi connectivity index (χ0) is 17.8. The molecule has 128 valence electrons. The number of imidazole rings is 1. The molecule has 0 fully saturated rings. The average molecular weight is 358 g/mol. The summed E-state index contributed by atoms with van der Waals surface area (Å²) in [7, 11) is 0. The molecule has 0 saturated carbocycles. The molecule has 0 aliphatic heterocycles. The molecule has 1 aromatic carbocycles. The first-order chi connectivity index (χ1) is 12.1. The molecule has 0 spiro atoms. The molecule has 0 aliphatic rings. The van der Waals surface area contributed by atoms with Gasteiger partial charge in [0.15, 0.2) is 0 Å². The minimum atomic E-state index is -0.573. The van der Waals surface area contributed by atoms with Crippen LogP contribution >= 0.6 is 11.6 Å². The molecular weight excluding hydrogens is 342 g/mol. The van der Waals surface area contributed by atoms with Gasteiger partial charge in [-0.2, -0.15) is 0 Å². The van der Waals surface area contributed by atoms with Crippen molar-refractivity contribution in [3.8, 4) is 17.1 Å². The van der Waals surface area contributed by atoms with Gasteiger partial charge < -0.3 is 15.0 Å². The summed E-state index contributed by atoms with van der Waals surface area (Å²) in [6, 6.07) is 7.33. The fourth-order valence-electron chi connectivity index (χ4n) is 2.32. The van der Waals surface area contributed by atoms with E-state index in [1.807, 2.05) is 19.1 Å². The smallest absolute Gasteiger partial charge is 0.268 e. The van der Waals surface area contributed by atoms with Crippen molar-refractivity contribution in [1.82, 2.24) is 19.5 Å². The highest BCUT2D eigenvalue weighted by atomic mass is 35.5. The standard InChI is InChI=1S/C17H16ClN5O2/c1-2-25-17-15(11-4-3-5-12(18)6-11)22-13(7-20-17)8-23-9-14(16(19)24)21-10-23/h3-7,9-10H,2,8H2,1H3,(H2,19,24). The van der Waals surface area contributed by atoms with Gasteiger partial charge in [-0.1, -0.05) is 23.7 Å². The number of carbonyl (C=O) groups excluding carboxylic acids is 1. The van der Waals surface area contributed by atoms with Gasteiger partial charge in [0, 0.05) is 16.8 Å². The predicted molar refractivity (Wildman–Crippen MR) is 93.5 cm³/mol. The van der Waals surface area contributed by atoms with E-state index in [0.717, 1.165) is 5.56 Å². The van der Waals surface area contributed by atoms with Crippen molar-refractivity contribution in [1.29, 1.82) is 0 Å². The topological polar surface area (TPSA) is 95.9 Å². The van der Waals surface area contributed by atoms with Crippen LogP contribution in [-0.2, 0) is 6.54 Å². The fourth-order valence-corrected chi connectivity index (χ4v) is 2.51. The molecular formula is C17H16ClN5O2. The van der Waals surface area contributed by atoms with Gasteiger partial charge in [0.1, 0.15) is 11.4 Å². The van der Waals surface area contributed by atoms with Gasteiger partial charge >= 0.3 is 0 Å². The van der Waals surface area contributed by atoms with Crippen LogP contribution in [0.3, 0.4) is 0 Å². The lowest BCUT2D eigenvalue weighted by Crippen LogP contribution is -2.11. The van der Waals surface area contributed by atoms with Crippen molar-refractivity contribution in [3.63, 3.8) is 0 Å². The molecule has 2 aromatic heterocycles. The van der Waals surface area contributed by atoms with E-state index in [1.54, 1.807) is 29.1 Å². The zero-order valence-electron chi connectivity index (χ0n) is 13.5. The molecule has 25 heavy (non-hydrogen) atoms. The van der Waals surface area contributed by atoms with Crippen LogP contribution in [0.1, 0.15) is 23.1 Å². The molecule has 0 bridgehead atoms. The molecule has 1 amide bonds. The van der Waals surface area contributed by atoms with Crippen LogP contribution in [0.15, 0.2) is 43.0 Å². The van der Waals surface area contributed by atoms with E-state index in [2.05, 4.69) is 15.0 Å². The molecule has 0 radical (unpaired) electrons. The van der Waals surface area contributed by atoms with Crippen molar-refractivity contribution < 1.29 is 9.53 Å². The molecule has 0 aliphatic carbocycles. The number of nitrogens with zero attached hydrogens (tertiary/aromatic N) is 4. The number of primary amides is 1. The average Bonchev–Trinajstić information content (AvgIpc) is 3.05. The Labute approximate surface area is 149 Å². The largest absolute Gasteiger partial charge is 0.476 e.